The molecule has 4 unspecified atom stereocenters. The largest absolute Gasteiger partial charge is 0.453 e. The summed E-state index contributed by atoms with van der Waals surface area (Å²) in [6, 6.07) is 0.00639. The zero-order valence-electron chi connectivity index (χ0n) is 10.3. The quantitative estimate of drug-likeness (QED) is 0.875. The van der Waals surface area contributed by atoms with Gasteiger partial charge in [-0.3, -0.25) is 0 Å². The summed E-state index contributed by atoms with van der Waals surface area (Å²) in [5, 5.41) is 11.5. The molecule has 5 nitrogen and oxygen atoms in total. The fraction of sp³-hybridized carbons (Fsp3) is 0.727. The van der Waals surface area contributed by atoms with E-state index in [0.29, 0.717) is 16.8 Å². The number of halogens is 3. The Balaban J connectivity index is 1.77. The molecule has 2 aliphatic carbocycles. The Morgan fingerprint density at radius 1 is 1.20 bits per heavy atom. The maximum atomic E-state index is 12.8. The lowest BCUT2D eigenvalue weighted by atomic mass is 9.85. The van der Waals surface area contributed by atoms with Crippen molar-refractivity contribution in [2.24, 2.45) is 17.6 Å². The number of aromatic nitrogens is 4. The van der Waals surface area contributed by atoms with Crippen molar-refractivity contribution < 1.29 is 13.2 Å². The third kappa shape index (κ3) is 1.62. The Morgan fingerprint density at radius 2 is 1.95 bits per heavy atom. The van der Waals surface area contributed by atoms with Crippen LogP contribution in [0.25, 0.3) is 4.96 Å². The van der Waals surface area contributed by atoms with Crippen LogP contribution in [0.15, 0.2) is 0 Å². The molecule has 9 heteroatoms. The highest BCUT2D eigenvalue weighted by atomic mass is 32.1. The van der Waals surface area contributed by atoms with Gasteiger partial charge in [0, 0.05) is 12.0 Å². The van der Waals surface area contributed by atoms with Gasteiger partial charge in [0.1, 0.15) is 5.01 Å². The standard InChI is InChI=1S/C11H12F3N5S/c12-11(13,14)9-16-17-10-19(9)18-8(20-10)6-4-1-2-5(3-4)7(6)15/h4-7H,1-3,15H2. The van der Waals surface area contributed by atoms with Crippen molar-refractivity contribution in [2.45, 2.75) is 37.4 Å². The molecule has 2 heterocycles. The van der Waals surface area contributed by atoms with E-state index in [-0.39, 0.29) is 16.9 Å². The second kappa shape index (κ2) is 3.91. The predicted octanol–water partition coefficient (Wildman–Crippen LogP) is 2.05. The van der Waals surface area contributed by atoms with E-state index in [1.807, 2.05) is 0 Å². The highest BCUT2D eigenvalue weighted by Crippen LogP contribution is 2.52. The van der Waals surface area contributed by atoms with E-state index < -0.39 is 12.0 Å². The van der Waals surface area contributed by atoms with Crippen molar-refractivity contribution in [1.29, 1.82) is 0 Å². The van der Waals surface area contributed by atoms with Crippen molar-refractivity contribution in [3.05, 3.63) is 10.8 Å². The maximum absolute atomic E-state index is 12.8. The highest BCUT2D eigenvalue weighted by molar-refractivity contribution is 7.16. The molecule has 2 aliphatic rings. The van der Waals surface area contributed by atoms with Crippen LogP contribution >= 0.6 is 11.3 Å². The molecule has 0 saturated heterocycles. The Bertz CT molecular complexity index is 661. The first-order valence-electron chi connectivity index (χ1n) is 6.50. The van der Waals surface area contributed by atoms with E-state index in [1.54, 1.807) is 0 Å². The molecular weight excluding hydrogens is 291 g/mol. The predicted molar refractivity (Wildman–Crippen MR) is 65.2 cm³/mol. The van der Waals surface area contributed by atoms with Crippen molar-refractivity contribution in [3.63, 3.8) is 0 Å². The van der Waals surface area contributed by atoms with Crippen LogP contribution in [0.1, 0.15) is 36.0 Å². The van der Waals surface area contributed by atoms with E-state index >= 15 is 0 Å². The van der Waals surface area contributed by atoms with Crippen molar-refractivity contribution in [1.82, 2.24) is 19.8 Å². The summed E-state index contributed by atoms with van der Waals surface area (Å²) in [6.07, 6.45) is -1.25. The van der Waals surface area contributed by atoms with Crippen LogP contribution in [0.4, 0.5) is 13.2 Å². The third-order valence-corrected chi connectivity index (χ3v) is 5.53. The molecule has 0 amide bonds. The number of fused-ring (bicyclic) bond motifs is 3. The molecular formula is C11H12F3N5S. The average molecular weight is 303 g/mol. The number of hydrogen-bond donors (Lipinski definition) is 1. The molecule has 2 fully saturated rings. The van der Waals surface area contributed by atoms with Gasteiger partial charge in [-0.2, -0.15) is 22.8 Å². The molecule has 20 heavy (non-hydrogen) atoms. The zero-order chi connectivity index (χ0) is 14.1. The van der Waals surface area contributed by atoms with Gasteiger partial charge in [-0.1, -0.05) is 11.3 Å². The van der Waals surface area contributed by atoms with Gasteiger partial charge in [0.2, 0.25) is 4.96 Å². The molecule has 108 valence electrons. The van der Waals surface area contributed by atoms with E-state index in [4.69, 9.17) is 5.73 Å². The lowest BCUT2D eigenvalue weighted by molar-refractivity contribution is -0.146. The normalized spacial score (nSPS) is 33.4. The monoisotopic (exact) mass is 303 g/mol. The Kier molecular flexibility index (Phi) is 2.45. The number of nitrogens with two attached hydrogens (primary N) is 1. The average Bonchev–Trinajstić information content (AvgIpc) is 3.03. The molecule has 2 saturated carbocycles. The molecule has 2 N–H and O–H groups in total. The first kappa shape index (κ1) is 12.5. The van der Waals surface area contributed by atoms with Crippen molar-refractivity contribution >= 4 is 16.3 Å². The van der Waals surface area contributed by atoms with Gasteiger partial charge in [0.15, 0.2) is 0 Å². The minimum Gasteiger partial charge on any atom is -0.327 e. The first-order valence-corrected chi connectivity index (χ1v) is 7.31. The molecule has 4 rings (SSSR count). The fourth-order valence-corrected chi connectivity index (χ4v) is 4.74. The van der Waals surface area contributed by atoms with Crippen LogP contribution in [0.5, 0.6) is 0 Å². The summed E-state index contributed by atoms with van der Waals surface area (Å²) < 4.78 is 39.1. The first-order chi connectivity index (χ1) is 9.45. The number of rotatable bonds is 1. The fourth-order valence-electron chi connectivity index (χ4n) is 3.65. The van der Waals surface area contributed by atoms with Crippen LogP contribution in [-0.4, -0.2) is 25.9 Å². The second-order valence-electron chi connectivity index (χ2n) is 5.59. The van der Waals surface area contributed by atoms with Crippen LogP contribution in [0.3, 0.4) is 0 Å². The maximum Gasteiger partial charge on any atom is 0.453 e. The number of hydrogen-bond acceptors (Lipinski definition) is 5. The molecule has 2 aromatic heterocycles. The second-order valence-corrected chi connectivity index (χ2v) is 6.58. The van der Waals surface area contributed by atoms with E-state index in [1.165, 1.54) is 11.3 Å². The molecule has 0 aliphatic heterocycles. The van der Waals surface area contributed by atoms with Gasteiger partial charge in [-0.15, -0.1) is 10.2 Å². The van der Waals surface area contributed by atoms with E-state index in [2.05, 4.69) is 15.3 Å². The summed E-state index contributed by atoms with van der Waals surface area (Å²) in [4.78, 5) is 0.183. The summed E-state index contributed by atoms with van der Waals surface area (Å²) in [7, 11) is 0. The lowest BCUT2D eigenvalue weighted by Gasteiger charge is -2.25. The van der Waals surface area contributed by atoms with Crippen molar-refractivity contribution in [2.75, 3.05) is 0 Å². The van der Waals surface area contributed by atoms with Crippen LogP contribution in [-0.2, 0) is 6.18 Å². The van der Waals surface area contributed by atoms with Gasteiger partial charge in [0.05, 0.1) is 0 Å². The Hall–Kier alpha value is -1.22. The van der Waals surface area contributed by atoms with E-state index in [9.17, 15) is 13.2 Å². The minimum absolute atomic E-state index is 0.00639. The zero-order valence-corrected chi connectivity index (χ0v) is 11.2. The van der Waals surface area contributed by atoms with Crippen LogP contribution in [0, 0.1) is 11.8 Å². The topological polar surface area (TPSA) is 69.1 Å². The Labute approximate surface area is 116 Å². The summed E-state index contributed by atoms with van der Waals surface area (Å²) in [6.45, 7) is 0. The number of alkyl halides is 3. The SMILES string of the molecule is NC1C2CCC(C2)C1c1nn2c(C(F)(F)F)nnc2s1. The summed E-state index contributed by atoms with van der Waals surface area (Å²) >= 11 is 1.17. The Morgan fingerprint density at radius 3 is 2.60 bits per heavy atom. The van der Waals surface area contributed by atoms with Gasteiger partial charge in [-0.05, 0) is 31.1 Å². The molecule has 4 atom stereocenters. The lowest BCUT2D eigenvalue weighted by Crippen LogP contribution is -2.34. The van der Waals surface area contributed by atoms with E-state index in [0.717, 1.165) is 23.8 Å². The van der Waals surface area contributed by atoms with Crippen molar-refractivity contribution in [3.8, 4) is 0 Å². The van der Waals surface area contributed by atoms with Gasteiger partial charge < -0.3 is 5.73 Å². The third-order valence-electron chi connectivity index (χ3n) is 4.53. The summed E-state index contributed by atoms with van der Waals surface area (Å²) in [5.41, 5.74) is 6.21. The minimum atomic E-state index is -4.54. The molecule has 0 spiro atoms. The molecule has 0 aromatic carbocycles. The molecule has 0 radical (unpaired) electrons. The summed E-state index contributed by atoms with van der Waals surface area (Å²) in [5.74, 6) is -0.0529. The molecule has 2 bridgehead atoms. The highest BCUT2D eigenvalue weighted by Gasteiger charge is 2.48. The number of nitrogens with zero attached hydrogens (tertiary/aromatic N) is 4. The van der Waals surface area contributed by atoms with Gasteiger partial charge in [-0.25, -0.2) is 0 Å². The smallest absolute Gasteiger partial charge is 0.327 e. The van der Waals surface area contributed by atoms with Crippen LogP contribution < -0.4 is 5.73 Å². The van der Waals surface area contributed by atoms with Gasteiger partial charge >= 0.3 is 6.18 Å². The van der Waals surface area contributed by atoms with Crippen LogP contribution in [0.2, 0.25) is 0 Å². The van der Waals surface area contributed by atoms with Gasteiger partial charge in [0.25, 0.3) is 5.82 Å². The molecule has 2 aromatic rings.